The van der Waals surface area contributed by atoms with Crippen LogP contribution in [0.25, 0.3) is 0 Å². The lowest BCUT2D eigenvalue weighted by Gasteiger charge is -2.10. The van der Waals surface area contributed by atoms with Crippen molar-refractivity contribution < 1.29 is 18.7 Å². The molecule has 3 rings (SSSR count). The Morgan fingerprint density at radius 2 is 1.89 bits per heavy atom. The molecule has 0 saturated carbocycles. The van der Waals surface area contributed by atoms with E-state index in [4.69, 9.17) is 4.74 Å². The first kappa shape index (κ1) is 19.0. The molecular weight excluding hydrogens is 365 g/mol. The number of hydrogen-bond donors (Lipinski definition) is 0. The Balaban J connectivity index is 1.64. The molecule has 0 saturated heterocycles. The van der Waals surface area contributed by atoms with Gasteiger partial charge < -0.3 is 9.30 Å². The number of benzene rings is 1. The van der Waals surface area contributed by atoms with E-state index in [0.717, 1.165) is 23.4 Å². The topological polar surface area (TPSA) is 48.3 Å². The summed E-state index contributed by atoms with van der Waals surface area (Å²) in [4.78, 5) is 24.9. The number of esters is 1. The quantitative estimate of drug-likeness (QED) is 0.442. The molecule has 3 aromatic rings. The molecule has 27 heavy (non-hydrogen) atoms. The number of thiophene rings is 1. The van der Waals surface area contributed by atoms with Crippen LogP contribution in [0.15, 0.2) is 47.8 Å². The van der Waals surface area contributed by atoms with Crippen molar-refractivity contribution in [1.29, 1.82) is 0 Å². The Kier molecular flexibility index (Phi) is 5.86. The Labute approximate surface area is 161 Å². The molecule has 0 radical (unpaired) electrons. The molecule has 140 valence electrons. The number of Topliss-reactive ketones (excluding diaryl/α,β-unsaturated/α-hetero) is 1. The average Bonchev–Trinajstić information content (AvgIpc) is 3.28. The highest BCUT2D eigenvalue weighted by atomic mass is 32.1. The molecule has 0 spiro atoms. The first-order valence-electron chi connectivity index (χ1n) is 8.60. The minimum atomic E-state index is -0.483. The maximum atomic E-state index is 13.0. The molecule has 0 aliphatic heterocycles. The van der Waals surface area contributed by atoms with Crippen molar-refractivity contribution in [3.05, 3.63) is 81.1 Å². The molecular formula is C21H20FNO3S. The van der Waals surface area contributed by atoms with Crippen LogP contribution < -0.4 is 0 Å². The smallest absolute Gasteiger partial charge is 0.348 e. The van der Waals surface area contributed by atoms with E-state index in [1.54, 1.807) is 29.6 Å². The van der Waals surface area contributed by atoms with Gasteiger partial charge in [0.1, 0.15) is 10.7 Å². The third-order valence-corrected chi connectivity index (χ3v) is 5.32. The van der Waals surface area contributed by atoms with Gasteiger partial charge in [0.05, 0.1) is 0 Å². The lowest BCUT2D eigenvalue weighted by Crippen LogP contribution is -2.14. The maximum Gasteiger partial charge on any atom is 0.348 e. The number of rotatable bonds is 7. The molecule has 0 fully saturated rings. The summed E-state index contributed by atoms with van der Waals surface area (Å²) in [6, 6.07) is 11.7. The van der Waals surface area contributed by atoms with E-state index in [9.17, 15) is 14.0 Å². The third kappa shape index (κ3) is 4.52. The SMILES string of the molecule is Cc1cc(C(=O)COC(=O)c2cccs2)c(C)n1CCc1ccc(F)cc1. The van der Waals surface area contributed by atoms with Gasteiger partial charge in [-0.05, 0) is 55.5 Å². The molecule has 2 aromatic heterocycles. The summed E-state index contributed by atoms with van der Waals surface area (Å²) in [5.41, 5.74) is 3.39. The summed E-state index contributed by atoms with van der Waals surface area (Å²) >= 11 is 1.28. The zero-order valence-corrected chi connectivity index (χ0v) is 16.0. The predicted octanol–water partition coefficient (Wildman–Crippen LogP) is 4.59. The van der Waals surface area contributed by atoms with E-state index in [2.05, 4.69) is 4.57 Å². The summed E-state index contributed by atoms with van der Waals surface area (Å²) < 4.78 is 20.2. The predicted molar refractivity (Wildman–Crippen MR) is 103 cm³/mol. The average molecular weight is 385 g/mol. The third-order valence-electron chi connectivity index (χ3n) is 4.47. The van der Waals surface area contributed by atoms with Crippen LogP contribution >= 0.6 is 11.3 Å². The second-order valence-electron chi connectivity index (χ2n) is 6.29. The van der Waals surface area contributed by atoms with E-state index in [1.807, 2.05) is 19.9 Å². The van der Waals surface area contributed by atoms with Gasteiger partial charge in [0, 0.05) is 23.5 Å². The first-order chi connectivity index (χ1) is 13.0. The summed E-state index contributed by atoms with van der Waals surface area (Å²) in [7, 11) is 0. The number of carbonyl (C=O) groups excluding carboxylic acids is 2. The number of ether oxygens (including phenoxy) is 1. The van der Waals surface area contributed by atoms with Gasteiger partial charge in [-0.25, -0.2) is 9.18 Å². The number of ketones is 1. The zero-order chi connectivity index (χ0) is 19.4. The Morgan fingerprint density at radius 3 is 2.56 bits per heavy atom. The Morgan fingerprint density at radius 1 is 1.15 bits per heavy atom. The number of halogens is 1. The number of carbonyl (C=O) groups is 2. The first-order valence-corrected chi connectivity index (χ1v) is 9.48. The van der Waals surface area contributed by atoms with Gasteiger partial charge in [-0.3, -0.25) is 4.79 Å². The van der Waals surface area contributed by atoms with E-state index in [1.165, 1.54) is 23.5 Å². The van der Waals surface area contributed by atoms with Crippen LogP contribution in [0.2, 0.25) is 0 Å². The molecule has 0 amide bonds. The fourth-order valence-electron chi connectivity index (χ4n) is 2.99. The van der Waals surface area contributed by atoms with E-state index < -0.39 is 5.97 Å². The van der Waals surface area contributed by atoms with Crippen molar-refractivity contribution >= 4 is 23.1 Å². The van der Waals surface area contributed by atoms with E-state index in [-0.39, 0.29) is 18.2 Å². The molecule has 0 unspecified atom stereocenters. The van der Waals surface area contributed by atoms with Crippen molar-refractivity contribution in [2.75, 3.05) is 6.61 Å². The van der Waals surface area contributed by atoms with Gasteiger partial charge in [-0.15, -0.1) is 11.3 Å². The monoisotopic (exact) mass is 385 g/mol. The summed E-state index contributed by atoms with van der Waals surface area (Å²) in [5.74, 6) is -0.957. The highest BCUT2D eigenvalue weighted by molar-refractivity contribution is 7.11. The van der Waals surface area contributed by atoms with Gasteiger partial charge in [0.15, 0.2) is 6.61 Å². The number of nitrogens with zero attached hydrogens (tertiary/aromatic N) is 1. The van der Waals surface area contributed by atoms with Crippen LogP contribution in [0.1, 0.15) is 37.0 Å². The van der Waals surface area contributed by atoms with Gasteiger partial charge in [-0.1, -0.05) is 18.2 Å². The van der Waals surface area contributed by atoms with Crippen molar-refractivity contribution in [3.8, 4) is 0 Å². The molecule has 6 heteroatoms. The van der Waals surface area contributed by atoms with Gasteiger partial charge in [0.25, 0.3) is 0 Å². The van der Waals surface area contributed by atoms with Crippen molar-refractivity contribution in [2.45, 2.75) is 26.8 Å². The number of aryl methyl sites for hydroxylation is 2. The van der Waals surface area contributed by atoms with Crippen LogP contribution in [-0.2, 0) is 17.7 Å². The highest BCUT2D eigenvalue weighted by Crippen LogP contribution is 2.18. The molecule has 0 N–H and O–H groups in total. The van der Waals surface area contributed by atoms with Crippen LogP contribution in [0.4, 0.5) is 4.39 Å². The van der Waals surface area contributed by atoms with Crippen molar-refractivity contribution in [2.24, 2.45) is 0 Å². The van der Waals surface area contributed by atoms with Gasteiger partial charge >= 0.3 is 5.97 Å². The molecule has 0 aliphatic carbocycles. The lowest BCUT2D eigenvalue weighted by molar-refractivity contribution is 0.0479. The number of hydrogen-bond acceptors (Lipinski definition) is 4. The standard InChI is InChI=1S/C21H20FNO3S/c1-14-12-18(19(24)13-26-21(25)20-4-3-11-27-20)15(2)23(14)10-9-16-5-7-17(22)8-6-16/h3-8,11-12H,9-10,13H2,1-2H3. The minimum Gasteiger partial charge on any atom is -0.453 e. The zero-order valence-electron chi connectivity index (χ0n) is 15.2. The highest BCUT2D eigenvalue weighted by Gasteiger charge is 2.18. The lowest BCUT2D eigenvalue weighted by atomic mass is 10.1. The molecule has 0 atom stereocenters. The van der Waals surface area contributed by atoms with Crippen LogP contribution in [0.5, 0.6) is 0 Å². The summed E-state index contributed by atoms with van der Waals surface area (Å²) in [6.07, 6.45) is 0.734. The van der Waals surface area contributed by atoms with E-state index >= 15 is 0 Å². The summed E-state index contributed by atoms with van der Waals surface area (Å²) in [6.45, 7) is 4.22. The minimum absolute atomic E-state index is 0.221. The molecule has 0 aliphatic rings. The van der Waals surface area contributed by atoms with E-state index in [0.29, 0.717) is 17.0 Å². The molecule has 4 nitrogen and oxygen atoms in total. The Bertz CT molecular complexity index is 943. The van der Waals surface area contributed by atoms with Crippen molar-refractivity contribution in [3.63, 3.8) is 0 Å². The van der Waals surface area contributed by atoms with Gasteiger partial charge in [-0.2, -0.15) is 0 Å². The second kappa shape index (κ2) is 8.31. The molecule has 1 aromatic carbocycles. The fraction of sp³-hybridized carbons (Fsp3) is 0.238. The van der Waals surface area contributed by atoms with Crippen molar-refractivity contribution in [1.82, 2.24) is 4.57 Å². The maximum absolute atomic E-state index is 13.0. The van der Waals surface area contributed by atoms with Crippen LogP contribution in [0.3, 0.4) is 0 Å². The largest absolute Gasteiger partial charge is 0.453 e. The second-order valence-corrected chi connectivity index (χ2v) is 7.24. The molecule has 2 heterocycles. The number of aromatic nitrogens is 1. The molecule has 0 bridgehead atoms. The Hall–Kier alpha value is -2.73. The van der Waals surface area contributed by atoms with Gasteiger partial charge in [0.2, 0.25) is 5.78 Å². The normalized spacial score (nSPS) is 10.8. The van der Waals surface area contributed by atoms with Crippen LogP contribution in [-0.4, -0.2) is 22.9 Å². The summed E-state index contributed by atoms with van der Waals surface area (Å²) in [5, 5.41) is 1.78. The fourth-order valence-corrected chi connectivity index (χ4v) is 3.61. The van der Waals surface area contributed by atoms with Crippen LogP contribution in [0, 0.1) is 19.7 Å².